The summed E-state index contributed by atoms with van der Waals surface area (Å²) < 4.78 is 5.82. The van der Waals surface area contributed by atoms with Crippen LogP contribution in [0.5, 0.6) is 5.75 Å². The molecule has 1 N–H and O–H groups in total. The van der Waals surface area contributed by atoms with Gasteiger partial charge >= 0.3 is 0 Å². The third-order valence-corrected chi connectivity index (χ3v) is 4.79. The van der Waals surface area contributed by atoms with Gasteiger partial charge in [-0.1, -0.05) is 32.0 Å². The highest BCUT2D eigenvalue weighted by Crippen LogP contribution is 2.41. The third-order valence-electron chi connectivity index (χ3n) is 4.79. The van der Waals surface area contributed by atoms with Gasteiger partial charge in [0, 0.05) is 24.1 Å². The number of para-hydroxylation sites is 1. The molecule has 1 aliphatic carbocycles. The molecule has 1 heterocycles. The Labute approximate surface area is 116 Å². The van der Waals surface area contributed by atoms with Crippen LogP contribution in [-0.2, 0) is 0 Å². The summed E-state index contributed by atoms with van der Waals surface area (Å²) >= 11 is 0. The van der Waals surface area contributed by atoms with E-state index in [0.29, 0.717) is 11.3 Å². The summed E-state index contributed by atoms with van der Waals surface area (Å²) in [7, 11) is 0. The molecule has 2 atom stereocenters. The van der Waals surface area contributed by atoms with Crippen molar-refractivity contribution in [3.05, 3.63) is 29.8 Å². The molecule has 2 heteroatoms. The zero-order valence-electron chi connectivity index (χ0n) is 12.1. The van der Waals surface area contributed by atoms with Crippen molar-refractivity contribution in [2.24, 2.45) is 5.41 Å². The zero-order chi connectivity index (χ0) is 13.3. The highest BCUT2D eigenvalue weighted by molar-refractivity contribution is 5.39. The molecule has 2 nitrogen and oxygen atoms in total. The highest BCUT2D eigenvalue weighted by atomic mass is 16.5. The lowest BCUT2D eigenvalue weighted by Gasteiger charge is -2.31. The lowest BCUT2D eigenvalue weighted by molar-refractivity contribution is 0.224. The standard InChI is InChI=1S/C17H25NO/c1-3-17(2,12-18-14-8-9-14)10-13-11-19-16-7-5-4-6-15(13)16/h4-7,13-14,18H,3,8-12H2,1-2H3. The molecular formula is C17H25NO. The maximum absolute atomic E-state index is 5.82. The quantitative estimate of drug-likeness (QED) is 0.840. The van der Waals surface area contributed by atoms with Crippen LogP contribution in [-0.4, -0.2) is 19.2 Å². The molecule has 1 aliphatic heterocycles. The molecule has 0 saturated heterocycles. The van der Waals surface area contributed by atoms with Crippen molar-refractivity contribution in [3.8, 4) is 5.75 Å². The fourth-order valence-electron chi connectivity index (χ4n) is 3.01. The van der Waals surface area contributed by atoms with Gasteiger partial charge in [0.2, 0.25) is 0 Å². The van der Waals surface area contributed by atoms with E-state index in [1.165, 1.54) is 31.2 Å². The molecule has 0 spiro atoms. The Bertz CT molecular complexity index is 441. The molecule has 3 rings (SSSR count). The molecule has 19 heavy (non-hydrogen) atoms. The molecule has 0 amide bonds. The number of hydrogen-bond donors (Lipinski definition) is 1. The molecule has 2 unspecified atom stereocenters. The normalized spacial score (nSPS) is 24.6. The first-order valence-electron chi connectivity index (χ1n) is 7.65. The van der Waals surface area contributed by atoms with E-state index in [-0.39, 0.29) is 0 Å². The summed E-state index contributed by atoms with van der Waals surface area (Å²) in [6.07, 6.45) is 5.19. The van der Waals surface area contributed by atoms with Gasteiger partial charge in [0.25, 0.3) is 0 Å². The zero-order valence-corrected chi connectivity index (χ0v) is 12.1. The largest absolute Gasteiger partial charge is 0.493 e. The Kier molecular flexibility index (Phi) is 3.53. The SMILES string of the molecule is CCC(C)(CNC1CC1)CC1COc2ccccc21. The van der Waals surface area contributed by atoms with Gasteiger partial charge in [0.05, 0.1) is 6.61 Å². The van der Waals surface area contributed by atoms with E-state index in [0.717, 1.165) is 24.9 Å². The van der Waals surface area contributed by atoms with E-state index in [9.17, 15) is 0 Å². The van der Waals surface area contributed by atoms with Crippen LogP contribution in [0.25, 0.3) is 0 Å². The van der Waals surface area contributed by atoms with Crippen LogP contribution in [0.2, 0.25) is 0 Å². The van der Waals surface area contributed by atoms with Crippen molar-refractivity contribution in [2.75, 3.05) is 13.2 Å². The average Bonchev–Trinajstić information content (AvgIpc) is 3.19. The molecule has 0 bridgehead atoms. The van der Waals surface area contributed by atoms with Crippen molar-refractivity contribution in [1.29, 1.82) is 0 Å². The van der Waals surface area contributed by atoms with Crippen molar-refractivity contribution >= 4 is 0 Å². The van der Waals surface area contributed by atoms with Gasteiger partial charge in [-0.3, -0.25) is 0 Å². The Morgan fingerprint density at radius 1 is 1.32 bits per heavy atom. The van der Waals surface area contributed by atoms with Gasteiger partial charge in [-0.15, -0.1) is 0 Å². The van der Waals surface area contributed by atoms with Gasteiger partial charge in [0.1, 0.15) is 5.75 Å². The number of fused-ring (bicyclic) bond motifs is 1. The minimum Gasteiger partial charge on any atom is -0.493 e. The molecular weight excluding hydrogens is 234 g/mol. The van der Waals surface area contributed by atoms with E-state index < -0.39 is 0 Å². The fourth-order valence-corrected chi connectivity index (χ4v) is 3.01. The van der Waals surface area contributed by atoms with Gasteiger partial charge in [-0.05, 0) is 37.2 Å². The van der Waals surface area contributed by atoms with Crippen LogP contribution in [0.4, 0.5) is 0 Å². The van der Waals surface area contributed by atoms with Crippen LogP contribution in [0.15, 0.2) is 24.3 Å². The summed E-state index contributed by atoms with van der Waals surface area (Å²) in [5, 5.41) is 3.71. The van der Waals surface area contributed by atoms with E-state index in [2.05, 4.69) is 43.4 Å². The molecule has 1 aromatic carbocycles. The second kappa shape index (κ2) is 5.16. The first kappa shape index (κ1) is 13.0. The Balaban J connectivity index is 1.65. The average molecular weight is 259 g/mol. The molecule has 0 aromatic heterocycles. The number of nitrogens with one attached hydrogen (secondary N) is 1. The second-order valence-electron chi connectivity index (χ2n) is 6.57. The van der Waals surface area contributed by atoms with Crippen molar-refractivity contribution in [1.82, 2.24) is 5.32 Å². The van der Waals surface area contributed by atoms with Crippen molar-refractivity contribution < 1.29 is 4.74 Å². The minimum atomic E-state index is 0.383. The van der Waals surface area contributed by atoms with Crippen molar-refractivity contribution in [3.63, 3.8) is 0 Å². The summed E-state index contributed by atoms with van der Waals surface area (Å²) in [4.78, 5) is 0. The smallest absolute Gasteiger partial charge is 0.122 e. The fraction of sp³-hybridized carbons (Fsp3) is 0.647. The summed E-state index contributed by atoms with van der Waals surface area (Å²) in [6, 6.07) is 9.33. The van der Waals surface area contributed by atoms with Crippen LogP contribution < -0.4 is 10.1 Å². The van der Waals surface area contributed by atoms with Crippen molar-refractivity contribution in [2.45, 2.75) is 51.5 Å². The maximum atomic E-state index is 5.82. The van der Waals surface area contributed by atoms with Gasteiger partial charge in [0.15, 0.2) is 0 Å². The van der Waals surface area contributed by atoms with Gasteiger partial charge < -0.3 is 10.1 Å². The van der Waals surface area contributed by atoms with E-state index in [1.54, 1.807) is 0 Å². The Morgan fingerprint density at radius 2 is 2.11 bits per heavy atom. The molecule has 1 saturated carbocycles. The number of ether oxygens (including phenoxy) is 1. The Morgan fingerprint density at radius 3 is 2.84 bits per heavy atom. The molecule has 2 aliphatic rings. The third kappa shape index (κ3) is 2.94. The second-order valence-corrected chi connectivity index (χ2v) is 6.57. The summed E-state index contributed by atoms with van der Waals surface area (Å²) in [6.45, 7) is 6.74. The molecule has 104 valence electrons. The van der Waals surface area contributed by atoms with Crippen LogP contribution in [0.3, 0.4) is 0 Å². The topological polar surface area (TPSA) is 21.3 Å². The predicted molar refractivity (Wildman–Crippen MR) is 78.7 cm³/mol. The first-order valence-corrected chi connectivity index (χ1v) is 7.65. The molecule has 1 aromatic rings. The van der Waals surface area contributed by atoms with Crippen LogP contribution >= 0.6 is 0 Å². The van der Waals surface area contributed by atoms with Crippen LogP contribution in [0, 0.1) is 5.41 Å². The predicted octanol–water partition coefficient (Wildman–Crippen LogP) is 3.72. The monoisotopic (exact) mass is 259 g/mol. The lowest BCUT2D eigenvalue weighted by atomic mass is 9.77. The lowest BCUT2D eigenvalue weighted by Crippen LogP contribution is -2.34. The van der Waals surface area contributed by atoms with Gasteiger partial charge in [-0.25, -0.2) is 0 Å². The highest BCUT2D eigenvalue weighted by Gasteiger charge is 2.33. The maximum Gasteiger partial charge on any atom is 0.122 e. The minimum absolute atomic E-state index is 0.383. The van der Waals surface area contributed by atoms with E-state index >= 15 is 0 Å². The summed E-state index contributed by atoms with van der Waals surface area (Å²) in [5.74, 6) is 1.67. The number of benzene rings is 1. The van der Waals surface area contributed by atoms with Crippen LogP contribution in [0.1, 0.15) is 51.0 Å². The first-order chi connectivity index (χ1) is 9.20. The Hall–Kier alpha value is -1.02. The van der Waals surface area contributed by atoms with E-state index in [4.69, 9.17) is 4.74 Å². The molecule has 1 fully saturated rings. The number of hydrogen-bond acceptors (Lipinski definition) is 2. The number of rotatable bonds is 6. The molecule has 0 radical (unpaired) electrons. The van der Waals surface area contributed by atoms with Gasteiger partial charge in [-0.2, -0.15) is 0 Å². The van der Waals surface area contributed by atoms with E-state index in [1.807, 2.05) is 0 Å². The summed E-state index contributed by atoms with van der Waals surface area (Å²) in [5.41, 5.74) is 1.79.